The molecular weight excluding hydrogens is 388 g/mol. The van der Waals surface area contributed by atoms with Crippen LogP contribution in [0.2, 0.25) is 0 Å². The van der Waals surface area contributed by atoms with Crippen molar-refractivity contribution < 1.29 is 14.3 Å². The van der Waals surface area contributed by atoms with Gasteiger partial charge in [0.2, 0.25) is 5.91 Å². The fourth-order valence-corrected chi connectivity index (χ4v) is 4.01. The van der Waals surface area contributed by atoms with Crippen LogP contribution in [0.15, 0.2) is 60.7 Å². The lowest BCUT2D eigenvalue weighted by Gasteiger charge is -2.27. The summed E-state index contributed by atoms with van der Waals surface area (Å²) in [7, 11) is 1.67. The lowest BCUT2D eigenvalue weighted by molar-refractivity contribution is -0.122. The zero-order chi connectivity index (χ0) is 21.6. The molecule has 0 radical (unpaired) electrons. The number of fused-ring (bicyclic) bond motifs is 1. The van der Waals surface area contributed by atoms with Gasteiger partial charge in [0.05, 0.1) is 26.2 Å². The summed E-state index contributed by atoms with van der Waals surface area (Å²) in [5, 5.41) is 5.35. The normalized spacial score (nSPS) is 15.5. The van der Waals surface area contributed by atoms with E-state index < -0.39 is 0 Å². The molecule has 1 amide bonds. The van der Waals surface area contributed by atoms with Crippen molar-refractivity contribution in [2.45, 2.75) is 25.9 Å². The first-order valence-electron chi connectivity index (χ1n) is 10.9. The molecule has 1 fully saturated rings. The Balaban J connectivity index is 1.41. The van der Waals surface area contributed by atoms with Gasteiger partial charge in [0.25, 0.3) is 0 Å². The van der Waals surface area contributed by atoms with Crippen LogP contribution in [-0.4, -0.2) is 44.2 Å². The Labute approximate surface area is 184 Å². The first-order chi connectivity index (χ1) is 15.1. The summed E-state index contributed by atoms with van der Waals surface area (Å²) >= 11 is 0. The topological polar surface area (TPSA) is 50.8 Å². The number of methoxy groups -OCH3 is 1. The van der Waals surface area contributed by atoms with E-state index in [0.717, 1.165) is 54.9 Å². The van der Waals surface area contributed by atoms with Crippen LogP contribution in [0.25, 0.3) is 10.8 Å². The number of morpholine rings is 1. The molecule has 0 spiro atoms. The molecule has 1 atom stereocenters. The van der Waals surface area contributed by atoms with Crippen LogP contribution < -0.4 is 10.1 Å². The molecule has 1 saturated heterocycles. The van der Waals surface area contributed by atoms with Gasteiger partial charge < -0.3 is 14.8 Å². The Morgan fingerprint density at radius 1 is 1.03 bits per heavy atom. The van der Waals surface area contributed by atoms with Crippen LogP contribution in [0.5, 0.6) is 5.75 Å². The van der Waals surface area contributed by atoms with Gasteiger partial charge in [-0.3, -0.25) is 9.69 Å². The number of carbonyl (C=O) groups excluding carboxylic acids is 1. The Bertz CT molecular complexity index is 1040. The van der Waals surface area contributed by atoms with Crippen molar-refractivity contribution in [3.05, 3.63) is 77.4 Å². The third-order valence-electron chi connectivity index (χ3n) is 6.03. The van der Waals surface area contributed by atoms with E-state index in [0.29, 0.717) is 6.54 Å². The van der Waals surface area contributed by atoms with E-state index in [9.17, 15) is 4.79 Å². The molecule has 3 aromatic carbocycles. The molecule has 162 valence electrons. The minimum atomic E-state index is -0.224. The van der Waals surface area contributed by atoms with Crippen LogP contribution in [0.3, 0.4) is 0 Å². The standard InChI is InChI=1S/C26H30N2O3/c1-19(20-7-8-22-16-25(30-2)10-9-21(22)15-20)26(29)27-17-23-5-3-4-6-24(23)18-28-11-13-31-14-12-28/h3-10,15-16,19H,11-14,17-18H2,1-2H3,(H,27,29)/t19-/m0/s1. The van der Waals surface area contributed by atoms with Crippen molar-refractivity contribution in [2.24, 2.45) is 0 Å². The van der Waals surface area contributed by atoms with Gasteiger partial charge in [0.1, 0.15) is 5.75 Å². The van der Waals surface area contributed by atoms with E-state index >= 15 is 0 Å². The van der Waals surface area contributed by atoms with Gasteiger partial charge in [-0.05, 0) is 46.5 Å². The van der Waals surface area contributed by atoms with Crippen molar-refractivity contribution in [3.63, 3.8) is 0 Å². The molecule has 3 aromatic rings. The Hall–Kier alpha value is -2.89. The maximum absolute atomic E-state index is 12.9. The van der Waals surface area contributed by atoms with Gasteiger partial charge in [0.15, 0.2) is 0 Å². The van der Waals surface area contributed by atoms with Gasteiger partial charge in [-0.2, -0.15) is 0 Å². The van der Waals surface area contributed by atoms with Crippen molar-refractivity contribution in [3.8, 4) is 5.75 Å². The Kier molecular flexibility index (Phi) is 6.85. The highest BCUT2D eigenvalue weighted by molar-refractivity contribution is 5.88. The maximum atomic E-state index is 12.9. The summed E-state index contributed by atoms with van der Waals surface area (Å²) in [6, 6.07) is 20.5. The number of rotatable bonds is 7. The zero-order valence-electron chi connectivity index (χ0n) is 18.3. The summed E-state index contributed by atoms with van der Waals surface area (Å²) < 4.78 is 10.7. The van der Waals surface area contributed by atoms with E-state index in [-0.39, 0.29) is 11.8 Å². The van der Waals surface area contributed by atoms with Crippen molar-refractivity contribution >= 4 is 16.7 Å². The highest BCUT2D eigenvalue weighted by Gasteiger charge is 2.17. The first-order valence-corrected chi connectivity index (χ1v) is 10.9. The minimum Gasteiger partial charge on any atom is -0.497 e. The summed E-state index contributed by atoms with van der Waals surface area (Å²) in [5.41, 5.74) is 3.44. The Morgan fingerprint density at radius 3 is 2.52 bits per heavy atom. The average Bonchev–Trinajstić information content (AvgIpc) is 2.82. The largest absolute Gasteiger partial charge is 0.497 e. The molecule has 0 aromatic heterocycles. The van der Waals surface area contributed by atoms with Crippen molar-refractivity contribution in [1.29, 1.82) is 0 Å². The van der Waals surface area contributed by atoms with Crippen LogP contribution in [0, 0.1) is 0 Å². The lowest BCUT2D eigenvalue weighted by Crippen LogP contribution is -2.36. The molecule has 4 rings (SSSR count). The van der Waals surface area contributed by atoms with Gasteiger partial charge >= 0.3 is 0 Å². The number of nitrogens with one attached hydrogen (secondary N) is 1. The predicted molar refractivity (Wildman–Crippen MR) is 123 cm³/mol. The van der Waals surface area contributed by atoms with E-state index in [1.54, 1.807) is 7.11 Å². The van der Waals surface area contributed by atoms with Crippen LogP contribution >= 0.6 is 0 Å². The monoisotopic (exact) mass is 418 g/mol. The van der Waals surface area contributed by atoms with E-state index in [1.165, 1.54) is 11.1 Å². The van der Waals surface area contributed by atoms with Gasteiger partial charge in [0, 0.05) is 26.2 Å². The third-order valence-corrected chi connectivity index (χ3v) is 6.03. The molecule has 0 saturated carbocycles. The summed E-state index contributed by atoms with van der Waals surface area (Å²) in [4.78, 5) is 15.3. The van der Waals surface area contributed by atoms with E-state index in [1.807, 2.05) is 37.3 Å². The number of carbonyl (C=O) groups is 1. The summed E-state index contributed by atoms with van der Waals surface area (Å²) in [6.07, 6.45) is 0. The minimum absolute atomic E-state index is 0.0361. The zero-order valence-corrected chi connectivity index (χ0v) is 18.3. The fourth-order valence-electron chi connectivity index (χ4n) is 4.01. The van der Waals surface area contributed by atoms with Gasteiger partial charge in [-0.15, -0.1) is 0 Å². The molecule has 1 aliphatic rings. The number of benzene rings is 3. The van der Waals surface area contributed by atoms with Crippen LogP contribution in [0.4, 0.5) is 0 Å². The quantitative estimate of drug-likeness (QED) is 0.628. The second-order valence-corrected chi connectivity index (χ2v) is 8.07. The second kappa shape index (κ2) is 9.94. The second-order valence-electron chi connectivity index (χ2n) is 8.07. The summed E-state index contributed by atoms with van der Waals surface area (Å²) in [5.74, 6) is 0.647. The molecule has 0 aliphatic carbocycles. The highest BCUT2D eigenvalue weighted by atomic mass is 16.5. The lowest BCUT2D eigenvalue weighted by atomic mass is 9.96. The van der Waals surface area contributed by atoms with Crippen LogP contribution in [-0.2, 0) is 22.6 Å². The molecule has 0 bridgehead atoms. The Morgan fingerprint density at radius 2 is 1.74 bits per heavy atom. The number of amides is 1. The third kappa shape index (κ3) is 5.24. The average molecular weight is 419 g/mol. The number of hydrogen-bond donors (Lipinski definition) is 1. The molecule has 1 N–H and O–H groups in total. The SMILES string of the molecule is COc1ccc2cc([C@H](C)C(=O)NCc3ccccc3CN3CCOCC3)ccc2c1. The molecule has 5 heteroatoms. The van der Waals surface area contributed by atoms with Gasteiger partial charge in [-0.25, -0.2) is 0 Å². The van der Waals surface area contributed by atoms with E-state index in [2.05, 4.69) is 40.5 Å². The fraction of sp³-hybridized carbons (Fsp3) is 0.346. The number of ether oxygens (including phenoxy) is 2. The van der Waals surface area contributed by atoms with E-state index in [4.69, 9.17) is 9.47 Å². The smallest absolute Gasteiger partial charge is 0.227 e. The predicted octanol–water partition coefficient (Wildman–Crippen LogP) is 4.10. The van der Waals surface area contributed by atoms with Crippen LogP contribution in [0.1, 0.15) is 29.5 Å². The molecule has 5 nitrogen and oxygen atoms in total. The number of nitrogens with zero attached hydrogens (tertiary/aromatic N) is 1. The number of hydrogen-bond acceptors (Lipinski definition) is 4. The maximum Gasteiger partial charge on any atom is 0.227 e. The molecule has 31 heavy (non-hydrogen) atoms. The highest BCUT2D eigenvalue weighted by Crippen LogP contribution is 2.25. The van der Waals surface area contributed by atoms with Crippen molar-refractivity contribution in [2.75, 3.05) is 33.4 Å². The van der Waals surface area contributed by atoms with Gasteiger partial charge in [-0.1, -0.05) is 48.5 Å². The molecule has 1 heterocycles. The molecule has 1 aliphatic heterocycles. The molecule has 0 unspecified atom stereocenters. The molecular formula is C26H30N2O3. The summed E-state index contributed by atoms with van der Waals surface area (Å²) in [6.45, 7) is 6.86. The first kappa shape index (κ1) is 21.3. The van der Waals surface area contributed by atoms with Crippen molar-refractivity contribution in [1.82, 2.24) is 10.2 Å².